The number of aromatic hydroxyl groups is 1. The monoisotopic (exact) mass is 586 g/mol. The average molecular weight is 587 g/mol. The molecule has 1 aliphatic heterocycles. The molecule has 4 atom stereocenters. The van der Waals surface area contributed by atoms with Crippen LogP contribution in [0, 0.1) is 28.1 Å². The topological polar surface area (TPSA) is 80.7 Å². The van der Waals surface area contributed by atoms with E-state index < -0.39 is 33.4 Å². The lowest BCUT2D eigenvalue weighted by Gasteiger charge is -2.64. The Balaban J connectivity index is 2.09. The number of ketones is 3. The van der Waals surface area contributed by atoms with E-state index >= 15 is 9.59 Å². The molecule has 1 saturated heterocycles. The third-order valence-corrected chi connectivity index (χ3v) is 10.5. The van der Waals surface area contributed by atoms with E-state index in [1.165, 1.54) is 23.3 Å². The van der Waals surface area contributed by atoms with Gasteiger partial charge >= 0.3 is 0 Å². The van der Waals surface area contributed by atoms with Crippen molar-refractivity contribution in [3.63, 3.8) is 0 Å². The van der Waals surface area contributed by atoms with Gasteiger partial charge in [-0.3, -0.25) is 14.4 Å². The summed E-state index contributed by atoms with van der Waals surface area (Å²) < 4.78 is 6.83. The molecule has 1 spiro atoms. The van der Waals surface area contributed by atoms with Gasteiger partial charge in [0.15, 0.2) is 17.3 Å². The van der Waals surface area contributed by atoms with Crippen LogP contribution in [-0.4, -0.2) is 28.1 Å². The summed E-state index contributed by atoms with van der Waals surface area (Å²) in [5, 5.41) is 10.2. The first kappa shape index (κ1) is 32.7. The van der Waals surface area contributed by atoms with Gasteiger partial charge in [-0.05, 0) is 111 Å². The normalized spacial score (nSPS) is 28.8. The number of hydrogen-bond donors (Lipinski definition) is 1. The zero-order valence-electron chi connectivity index (χ0n) is 27.8. The minimum atomic E-state index is -1.43. The van der Waals surface area contributed by atoms with Crippen molar-refractivity contribution in [2.45, 2.75) is 107 Å². The molecule has 5 heteroatoms. The Morgan fingerprint density at radius 3 is 2.00 bits per heavy atom. The van der Waals surface area contributed by atoms with Crippen LogP contribution in [0.5, 0.6) is 5.75 Å². The second-order valence-corrected chi connectivity index (χ2v) is 15.0. The summed E-state index contributed by atoms with van der Waals surface area (Å²) in [6, 6.07) is 6.10. The lowest BCUT2D eigenvalue weighted by Crippen LogP contribution is -2.69. The number of carbonyl (C=O) groups excluding carboxylic acids is 3. The molecule has 0 aromatic heterocycles. The minimum Gasteiger partial charge on any atom is -0.508 e. The van der Waals surface area contributed by atoms with Gasteiger partial charge in [0.2, 0.25) is 0 Å². The summed E-state index contributed by atoms with van der Waals surface area (Å²) in [6.07, 6.45) is 9.14. The number of rotatable bonds is 8. The second-order valence-electron chi connectivity index (χ2n) is 15.0. The van der Waals surface area contributed by atoms with Gasteiger partial charge in [0.25, 0.3) is 0 Å². The zero-order valence-corrected chi connectivity index (χ0v) is 27.8. The maximum atomic E-state index is 15.3. The molecule has 3 aliphatic rings. The molecule has 0 unspecified atom stereocenters. The largest absolute Gasteiger partial charge is 0.508 e. The van der Waals surface area contributed by atoms with Crippen LogP contribution in [0.2, 0.25) is 0 Å². The minimum absolute atomic E-state index is 0.00638. The number of Topliss-reactive ketones (excluding diaryl/α,β-unsaturated/α-hetero) is 3. The van der Waals surface area contributed by atoms with Gasteiger partial charge in [-0.1, -0.05) is 60.9 Å². The lowest BCUT2D eigenvalue weighted by molar-refractivity contribution is -0.188. The molecule has 1 heterocycles. The van der Waals surface area contributed by atoms with E-state index in [1.807, 2.05) is 47.6 Å². The maximum Gasteiger partial charge on any atom is 0.200 e. The molecule has 2 fully saturated rings. The summed E-state index contributed by atoms with van der Waals surface area (Å²) in [4.78, 5) is 44.9. The smallest absolute Gasteiger partial charge is 0.200 e. The van der Waals surface area contributed by atoms with Crippen LogP contribution in [0.25, 0.3) is 0 Å². The Bertz CT molecular complexity index is 1450. The maximum absolute atomic E-state index is 15.3. The molecule has 0 amide bonds. The standard InChI is InChI=1S/C38H50O5/c1-23(2)14-16-27-21-37-22-28(17-15-24(3)4)36(9,10)43-33(37)30(31(40)26-12-11-13-29(39)20-26)32(41)38(34(37)42,35(27,7)8)19-18-25(5)6/h11-15,18,20,27-28,39H,16-17,19,21-22H2,1-10H3/t27-,28-,37-,38-/m0/s1. The number of phenolic OH excluding ortho intramolecular Hbond substituents is 1. The Labute approximate surface area is 258 Å². The number of carbonyl (C=O) groups is 3. The number of phenols is 1. The molecule has 4 rings (SSSR count). The molecule has 5 nitrogen and oxygen atoms in total. The molecule has 1 aromatic rings. The first-order valence-corrected chi connectivity index (χ1v) is 15.7. The fraction of sp³-hybridized carbons (Fsp3) is 0.553. The SMILES string of the molecule is CC(C)=CC[C@H]1C[C@@]23C[C@H](CC=C(C)C)C(C)(C)[C@@](CC=C(C)C)(C(=O)C(C(=O)c4cccc(O)c4)=C2OC1(C)C)C3=O. The number of fused-ring (bicyclic) bond motifs is 1. The number of benzene rings is 1. The van der Waals surface area contributed by atoms with Crippen molar-refractivity contribution >= 4 is 17.3 Å². The van der Waals surface area contributed by atoms with Crippen LogP contribution in [0.1, 0.15) is 112 Å². The fourth-order valence-corrected chi connectivity index (χ4v) is 7.70. The summed E-state index contributed by atoms with van der Waals surface area (Å²) in [6.45, 7) is 20.3. The Hall–Kier alpha value is -3.21. The highest BCUT2D eigenvalue weighted by Crippen LogP contribution is 2.69. The van der Waals surface area contributed by atoms with Gasteiger partial charge in [-0.15, -0.1) is 0 Å². The summed E-state index contributed by atoms with van der Waals surface area (Å²) in [5.74, 6) is -0.826. The zero-order chi connectivity index (χ0) is 32.1. The van der Waals surface area contributed by atoms with Gasteiger partial charge in [0.05, 0.1) is 5.41 Å². The summed E-state index contributed by atoms with van der Waals surface area (Å²) in [5.41, 5.74) is -0.373. The molecule has 0 radical (unpaired) electrons. The van der Waals surface area contributed by atoms with E-state index in [1.54, 1.807) is 12.1 Å². The molecule has 232 valence electrons. The number of allylic oxidation sites excluding steroid dienone is 8. The van der Waals surface area contributed by atoms with Crippen molar-refractivity contribution < 1.29 is 24.2 Å². The highest BCUT2D eigenvalue weighted by Gasteiger charge is 2.74. The van der Waals surface area contributed by atoms with E-state index in [-0.39, 0.29) is 46.7 Å². The highest BCUT2D eigenvalue weighted by atomic mass is 16.5. The van der Waals surface area contributed by atoms with E-state index in [2.05, 4.69) is 39.8 Å². The van der Waals surface area contributed by atoms with E-state index in [0.717, 1.165) is 18.4 Å². The van der Waals surface area contributed by atoms with Crippen molar-refractivity contribution in [3.05, 3.63) is 76.1 Å². The summed E-state index contributed by atoms with van der Waals surface area (Å²) >= 11 is 0. The molecule has 2 aliphatic carbocycles. The first-order chi connectivity index (χ1) is 19.9. The van der Waals surface area contributed by atoms with Gasteiger partial charge in [0.1, 0.15) is 28.1 Å². The second kappa shape index (κ2) is 11.4. The van der Waals surface area contributed by atoms with Gasteiger partial charge in [-0.2, -0.15) is 0 Å². The number of ether oxygens (including phenoxy) is 1. The Kier molecular flexibility index (Phi) is 8.65. The quantitative estimate of drug-likeness (QED) is 0.142. The molecule has 1 N–H and O–H groups in total. The van der Waals surface area contributed by atoms with Crippen molar-refractivity contribution in [2.75, 3.05) is 0 Å². The molecule has 43 heavy (non-hydrogen) atoms. The van der Waals surface area contributed by atoms with Crippen molar-refractivity contribution in [1.82, 2.24) is 0 Å². The molecule has 2 bridgehead atoms. The van der Waals surface area contributed by atoms with Gasteiger partial charge < -0.3 is 9.84 Å². The van der Waals surface area contributed by atoms with Crippen LogP contribution in [0.4, 0.5) is 0 Å². The van der Waals surface area contributed by atoms with Crippen LogP contribution < -0.4 is 0 Å². The molecule has 1 saturated carbocycles. The van der Waals surface area contributed by atoms with Gasteiger partial charge in [0, 0.05) is 11.5 Å². The highest BCUT2D eigenvalue weighted by molar-refractivity contribution is 6.35. The predicted octanol–water partition coefficient (Wildman–Crippen LogP) is 8.88. The van der Waals surface area contributed by atoms with Crippen LogP contribution in [0.15, 0.2) is 70.5 Å². The summed E-state index contributed by atoms with van der Waals surface area (Å²) in [7, 11) is 0. The van der Waals surface area contributed by atoms with E-state index in [4.69, 9.17) is 4.74 Å². The third-order valence-electron chi connectivity index (χ3n) is 10.5. The number of hydrogen-bond acceptors (Lipinski definition) is 5. The Morgan fingerprint density at radius 1 is 0.884 bits per heavy atom. The predicted molar refractivity (Wildman–Crippen MR) is 172 cm³/mol. The molecular weight excluding hydrogens is 536 g/mol. The van der Waals surface area contributed by atoms with Gasteiger partial charge in [-0.25, -0.2) is 0 Å². The average Bonchev–Trinajstić information content (AvgIpc) is 2.89. The lowest BCUT2D eigenvalue weighted by atomic mass is 9.39. The van der Waals surface area contributed by atoms with E-state index in [9.17, 15) is 9.90 Å². The molecular formula is C38H50O5. The first-order valence-electron chi connectivity index (χ1n) is 15.7. The van der Waals surface area contributed by atoms with Crippen LogP contribution >= 0.6 is 0 Å². The third kappa shape index (κ3) is 5.38. The van der Waals surface area contributed by atoms with E-state index in [0.29, 0.717) is 12.8 Å². The van der Waals surface area contributed by atoms with Crippen molar-refractivity contribution in [3.8, 4) is 5.75 Å². The Morgan fingerprint density at radius 2 is 1.44 bits per heavy atom. The fourth-order valence-electron chi connectivity index (χ4n) is 7.70. The van der Waals surface area contributed by atoms with Crippen molar-refractivity contribution in [1.29, 1.82) is 0 Å². The van der Waals surface area contributed by atoms with Crippen molar-refractivity contribution in [2.24, 2.45) is 28.1 Å². The molecule has 1 aromatic carbocycles. The van der Waals surface area contributed by atoms with Crippen LogP contribution in [0.3, 0.4) is 0 Å². The van der Waals surface area contributed by atoms with Crippen LogP contribution in [-0.2, 0) is 14.3 Å².